The van der Waals surface area contributed by atoms with Crippen molar-refractivity contribution in [3.8, 4) is 0 Å². The van der Waals surface area contributed by atoms with E-state index in [4.69, 9.17) is 4.74 Å². The van der Waals surface area contributed by atoms with Crippen LogP contribution in [0.4, 0.5) is 0 Å². The van der Waals surface area contributed by atoms with Crippen molar-refractivity contribution in [1.82, 2.24) is 5.32 Å². The molecule has 0 radical (unpaired) electrons. The summed E-state index contributed by atoms with van der Waals surface area (Å²) in [6, 6.07) is -0.738. The second-order valence-corrected chi connectivity index (χ2v) is 17.0. The Labute approximate surface area is 365 Å². The summed E-state index contributed by atoms with van der Waals surface area (Å²) in [6.45, 7) is 6.30. The van der Waals surface area contributed by atoms with Crippen LogP contribution in [0.3, 0.4) is 0 Å². The predicted molar refractivity (Wildman–Crippen MR) is 255 cm³/mol. The van der Waals surface area contributed by atoms with Crippen molar-refractivity contribution in [2.75, 3.05) is 6.61 Å². The minimum Gasteiger partial charge on any atom is -0.461 e. The standard InChI is InChI=1S/C53H95NO5/c1-4-7-10-13-16-19-22-23-24-25-26-27-28-31-34-37-40-43-46-53(58)59-49(44-41-38-35-32-29-20-17-14-11-8-5-2)47-52(57)54-50(48-55)51(56)45-42-39-36-33-30-21-18-15-12-9-6-3/h8,11,14,17,20,29,32,35,38,41,49-51,55-56H,4-7,9-10,12-13,15-16,18-19,21-28,30-31,33-34,36-37,39-40,42-48H2,1-3H3,(H,54,57)/b11-8+,17-14+,29-20-,35-32-,41-38+. The Morgan fingerprint density at radius 2 is 0.881 bits per heavy atom. The molecule has 0 aliphatic carbocycles. The van der Waals surface area contributed by atoms with E-state index in [2.05, 4.69) is 32.2 Å². The molecule has 0 aromatic carbocycles. The fraction of sp³-hybridized carbons (Fsp3) is 0.774. The summed E-state index contributed by atoms with van der Waals surface area (Å²) in [7, 11) is 0. The van der Waals surface area contributed by atoms with Gasteiger partial charge in [-0.25, -0.2) is 0 Å². The minimum atomic E-state index is -0.816. The summed E-state index contributed by atoms with van der Waals surface area (Å²) in [6.07, 6.45) is 57.4. The SMILES string of the molecule is CC/C=C/C=C/C=C\C=C/C=C/CC(CC(=O)NC(CO)C(O)CCCCCCCCCCCCC)OC(=O)CCCCCCCCCCCCCCCCCCCC. The van der Waals surface area contributed by atoms with E-state index in [1.807, 2.05) is 54.7 Å². The van der Waals surface area contributed by atoms with Gasteiger partial charge in [0.1, 0.15) is 6.10 Å². The van der Waals surface area contributed by atoms with Crippen molar-refractivity contribution in [2.45, 2.75) is 257 Å². The second-order valence-electron chi connectivity index (χ2n) is 17.0. The van der Waals surface area contributed by atoms with Gasteiger partial charge in [0, 0.05) is 12.8 Å². The number of aliphatic hydroxyl groups excluding tert-OH is 2. The summed E-state index contributed by atoms with van der Waals surface area (Å²) in [4.78, 5) is 26.0. The molecule has 3 atom stereocenters. The van der Waals surface area contributed by atoms with E-state index in [0.717, 1.165) is 44.9 Å². The number of ether oxygens (including phenoxy) is 1. The molecule has 59 heavy (non-hydrogen) atoms. The van der Waals surface area contributed by atoms with Crippen molar-refractivity contribution >= 4 is 11.9 Å². The van der Waals surface area contributed by atoms with Crippen molar-refractivity contribution in [2.24, 2.45) is 0 Å². The number of aliphatic hydroxyl groups is 2. The summed E-state index contributed by atoms with van der Waals surface area (Å²) in [5, 5.41) is 23.6. The molecule has 1 amide bonds. The Kier molecular flexibility index (Phi) is 44.7. The van der Waals surface area contributed by atoms with Gasteiger partial charge in [-0.1, -0.05) is 261 Å². The lowest BCUT2D eigenvalue weighted by Crippen LogP contribution is -2.46. The van der Waals surface area contributed by atoms with Gasteiger partial charge < -0.3 is 20.3 Å². The molecule has 0 saturated carbocycles. The number of hydrogen-bond donors (Lipinski definition) is 3. The zero-order valence-corrected chi connectivity index (χ0v) is 38.9. The molecule has 3 N–H and O–H groups in total. The zero-order chi connectivity index (χ0) is 43.1. The summed E-state index contributed by atoms with van der Waals surface area (Å²) in [5.41, 5.74) is 0. The van der Waals surface area contributed by atoms with Crippen LogP contribution >= 0.6 is 0 Å². The number of rotatable bonds is 44. The molecule has 0 aromatic heterocycles. The number of allylic oxidation sites excluding steroid dienone is 9. The first kappa shape index (κ1) is 56.6. The molecule has 0 spiro atoms. The van der Waals surface area contributed by atoms with Crippen molar-refractivity contribution in [3.05, 3.63) is 60.8 Å². The largest absolute Gasteiger partial charge is 0.461 e. The molecular formula is C53H95NO5. The lowest BCUT2D eigenvalue weighted by molar-refractivity contribution is -0.150. The van der Waals surface area contributed by atoms with Crippen LogP contribution in [0.15, 0.2) is 60.8 Å². The highest BCUT2D eigenvalue weighted by Gasteiger charge is 2.23. The highest BCUT2D eigenvalue weighted by molar-refractivity contribution is 5.77. The second kappa shape index (κ2) is 46.6. The van der Waals surface area contributed by atoms with Crippen LogP contribution in [-0.4, -0.2) is 46.9 Å². The maximum atomic E-state index is 13.1. The fourth-order valence-corrected chi connectivity index (χ4v) is 7.45. The van der Waals surface area contributed by atoms with E-state index in [1.54, 1.807) is 0 Å². The molecule has 0 saturated heterocycles. The van der Waals surface area contributed by atoms with Crippen LogP contribution in [0.1, 0.15) is 239 Å². The molecule has 3 unspecified atom stereocenters. The Morgan fingerprint density at radius 3 is 1.29 bits per heavy atom. The summed E-state index contributed by atoms with van der Waals surface area (Å²) >= 11 is 0. The number of nitrogens with one attached hydrogen (secondary N) is 1. The quantitative estimate of drug-likeness (QED) is 0.0323. The average Bonchev–Trinajstić information content (AvgIpc) is 3.23. The topological polar surface area (TPSA) is 95.9 Å². The lowest BCUT2D eigenvalue weighted by atomic mass is 10.0. The molecular weight excluding hydrogens is 731 g/mol. The van der Waals surface area contributed by atoms with Crippen LogP contribution < -0.4 is 5.32 Å². The molecule has 342 valence electrons. The molecule has 6 heteroatoms. The molecule has 6 nitrogen and oxygen atoms in total. The van der Waals surface area contributed by atoms with E-state index >= 15 is 0 Å². The van der Waals surface area contributed by atoms with E-state index < -0.39 is 18.2 Å². The third-order valence-corrected chi connectivity index (χ3v) is 11.2. The van der Waals surface area contributed by atoms with Gasteiger partial charge in [-0.2, -0.15) is 0 Å². The smallest absolute Gasteiger partial charge is 0.306 e. The van der Waals surface area contributed by atoms with Gasteiger partial charge in [0.05, 0.1) is 25.2 Å². The maximum Gasteiger partial charge on any atom is 0.306 e. The van der Waals surface area contributed by atoms with Gasteiger partial charge in [-0.05, 0) is 19.3 Å². The lowest BCUT2D eigenvalue weighted by Gasteiger charge is -2.24. The number of hydrogen-bond acceptors (Lipinski definition) is 5. The number of carbonyl (C=O) groups is 2. The molecule has 0 fully saturated rings. The molecule has 0 bridgehead atoms. The van der Waals surface area contributed by atoms with Gasteiger partial charge >= 0.3 is 5.97 Å². The van der Waals surface area contributed by atoms with Crippen molar-refractivity contribution in [3.63, 3.8) is 0 Å². The van der Waals surface area contributed by atoms with Crippen LogP contribution in [0, 0.1) is 0 Å². The molecule has 0 aliphatic rings. The summed E-state index contributed by atoms with van der Waals surface area (Å²) in [5.74, 6) is -0.603. The van der Waals surface area contributed by atoms with Gasteiger partial charge in [-0.15, -0.1) is 0 Å². The highest BCUT2D eigenvalue weighted by atomic mass is 16.5. The highest BCUT2D eigenvalue weighted by Crippen LogP contribution is 2.17. The fourth-order valence-electron chi connectivity index (χ4n) is 7.45. The molecule has 0 aliphatic heterocycles. The summed E-state index contributed by atoms with van der Waals surface area (Å²) < 4.78 is 5.84. The van der Waals surface area contributed by atoms with Crippen LogP contribution in [-0.2, 0) is 14.3 Å². The monoisotopic (exact) mass is 826 g/mol. The van der Waals surface area contributed by atoms with Gasteiger partial charge in [0.15, 0.2) is 0 Å². The number of unbranched alkanes of at least 4 members (excludes halogenated alkanes) is 27. The van der Waals surface area contributed by atoms with E-state index in [9.17, 15) is 19.8 Å². The van der Waals surface area contributed by atoms with E-state index in [0.29, 0.717) is 19.3 Å². The van der Waals surface area contributed by atoms with Gasteiger partial charge in [0.2, 0.25) is 5.91 Å². The van der Waals surface area contributed by atoms with Crippen LogP contribution in [0.25, 0.3) is 0 Å². The minimum absolute atomic E-state index is 0.0173. The Morgan fingerprint density at radius 1 is 0.508 bits per heavy atom. The van der Waals surface area contributed by atoms with Crippen molar-refractivity contribution in [1.29, 1.82) is 0 Å². The Bertz CT molecular complexity index is 1060. The normalized spacial score (nSPS) is 13.8. The molecule has 0 aromatic rings. The predicted octanol–water partition coefficient (Wildman–Crippen LogP) is 14.8. The Hall–Kier alpha value is -2.44. The van der Waals surface area contributed by atoms with E-state index in [-0.39, 0.29) is 24.9 Å². The average molecular weight is 826 g/mol. The number of esters is 1. The third kappa shape index (κ3) is 42.1. The van der Waals surface area contributed by atoms with Crippen LogP contribution in [0.5, 0.6) is 0 Å². The van der Waals surface area contributed by atoms with Crippen LogP contribution in [0.2, 0.25) is 0 Å². The van der Waals surface area contributed by atoms with Gasteiger partial charge in [-0.3, -0.25) is 9.59 Å². The first-order chi connectivity index (χ1) is 29.0. The first-order valence-corrected chi connectivity index (χ1v) is 25.1. The van der Waals surface area contributed by atoms with Crippen molar-refractivity contribution < 1.29 is 24.5 Å². The first-order valence-electron chi connectivity index (χ1n) is 25.1. The number of amides is 1. The Balaban J connectivity index is 4.59. The third-order valence-electron chi connectivity index (χ3n) is 11.2. The molecule has 0 rings (SSSR count). The maximum absolute atomic E-state index is 13.1. The zero-order valence-electron chi connectivity index (χ0n) is 38.9. The number of carbonyl (C=O) groups excluding carboxylic acids is 2. The molecule has 0 heterocycles. The van der Waals surface area contributed by atoms with E-state index in [1.165, 1.54) is 148 Å². The van der Waals surface area contributed by atoms with Gasteiger partial charge in [0.25, 0.3) is 0 Å².